The van der Waals surface area contributed by atoms with Crippen LogP contribution in [0, 0.1) is 6.92 Å². The van der Waals surface area contributed by atoms with Crippen molar-refractivity contribution in [3.63, 3.8) is 0 Å². The zero-order chi connectivity index (χ0) is 18.0. The van der Waals surface area contributed by atoms with Crippen molar-refractivity contribution in [2.24, 2.45) is 0 Å². The molecule has 0 saturated carbocycles. The lowest BCUT2D eigenvalue weighted by atomic mass is 10.1. The van der Waals surface area contributed by atoms with Crippen LogP contribution in [0.25, 0.3) is 10.9 Å². The fourth-order valence-electron chi connectivity index (χ4n) is 2.96. The number of para-hydroxylation sites is 1. The summed E-state index contributed by atoms with van der Waals surface area (Å²) in [4.78, 5) is 25.5. The van der Waals surface area contributed by atoms with Crippen LogP contribution < -0.4 is 10.9 Å². The van der Waals surface area contributed by atoms with E-state index in [2.05, 4.69) is 5.32 Å². The molecular weight excluding hydrogens is 316 g/mol. The van der Waals surface area contributed by atoms with Crippen molar-refractivity contribution in [2.75, 3.05) is 5.32 Å². The van der Waals surface area contributed by atoms with E-state index in [1.54, 1.807) is 41.0 Å². The Hall–Kier alpha value is -3.08. The number of aryl methyl sites for hydroxylation is 2. The van der Waals surface area contributed by atoms with Gasteiger partial charge in [-0.1, -0.05) is 31.2 Å². The Morgan fingerprint density at radius 2 is 1.92 bits per heavy atom. The highest BCUT2D eigenvalue weighted by molar-refractivity contribution is 6.09. The molecule has 1 amide bonds. The lowest BCUT2D eigenvalue weighted by Crippen LogP contribution is -2.29. The number of fused-ring (bicyclic) bond motifs is 1. The van der Waals surface area contributed by atoms with Crippen molar-refractivity contribution in [1.82, 2.24) is 4.57 Å². The van der Waals surface area contributed by atoms with E-state index in [0.29, 0.717) is 23.1 Å². The number of pyridine rings is 1. The van der Waals surface area contributed by atoms with Crippen LogP contribution in [0.15, 0.2) is 53.3 Å². The maximum absolute atomic E-state index is 12.8. The van der Waals surface area contributed by atoms with E-state index in [4.69, 9.17) is 0 Å². The molecular formula is C20H20N2O3. The van der Waals surface area contributed by atoms with Gasteiger partial charge in [0.25, 0.3) is 11.5 Å². The number of amides is 1. The number of benzene rings is 2. The summed E-state index contributed by atoms with van der Waals surface area (Å²) in [7, 11) is 0. The van der Waals surface area contributed by atoms with Crippen molar-refractivity contribution >= 4 is 22.5 Å². The predicted molar refractivity (Wildman–Crippen MR) is 99.3 cm³/mol. The van der Waals surface area contributed by atoms with Crippen molar-refractivity contribution in [3.8, 4) is 5.75 Å². The number of hydrogen-bond donors (Lipinski definition) is 2. The monoisotopic (exact) mass is 336 g/mol. The molecule has 0 spiro atoms. The number of nitrogens with zero attached hydrogens (tertiary/aromatic N) is 1. The third kappa shape index (κ3) is 3.13. The standard InChI is InChI=1S/C20H20N2O3/c1-3-11-22-16-10-5-4-9-15(16)18(23)17(20(22)25)19(24)21-14-8-6-7-13(2)12-14/h4-10,12,23H,3,11H2,1-2H3,(H,21,24). The molecule has 2 aromatic carbocycles. The van der Waals surface area contributed by atoms with Crippen LogP contribution in [0.2, 0.25) is 0 Å². The van der Waals surface area contributed by atoms with Gasteiger partial charge in [0.2, 0.25) is 0 Å². The average Bonchev–Trinajstić information content (AvgIpc) is 2.59. The first-order valence-electron chi connectivity index (χ1n) is 8.25. The van der Waals surface area contributed by atoms with Gasteiger partial charge in [-0.15, -0.1) is 0 Å². The third-order valence-electron chi connectivity index (χ3n) is 4.10. The molecule has 25 heavy (non-hydrogen) atoms. The number of carbonyl (C=O) groups excluding carboxylic acids is 1. The molecule has 5 nitrogen and oxygen atoms in total. The first-order valence-corrected chi connectivity index (χ1v) is 8.25. The molecule has 3 aromatic rings. The lowest BCUT2D eigenvalue weighted by Gasteiger charge is -2.14. The van der Waals surface area contributed by atoms with Crippen LogP contribution in [-0.4, -0.2) is 15.6 Å². The summed E-state index contributed by atoms with van der Waals surface area (Å²) in [5.41, 5.74) is 1.48. The smallest absolute Gasteiger partial charge is 0.267 e. The second-order valence-corrected chi connectivity index (χ2v) is 6.02. The minimum absolute atomic E-state index is 0.228. The van der Waals surface area contributed by atoms with E-state index < -0.39 is 11.5 Å². The summed E-state index contributed by atoms with van der Waals surface area (Å²) in [6.07, 6.45) is 0.744. The minimum Gasteiger partial charge on any atom is -0.506 e. The first kappa shape index (κ1) is 16.8. The van der Waals surface area contributed by atoms with Gasteiger partial charge >= 0.3 is 0 Å². The highest BCUT2D eigenvalue weighted by atomic mass is 16.3. The van der Waals surface area contributed by atoms with Gasteiger partial charge in [-0.05, 0) is 43.2 Å². The van der Waals surface area contributed by atoms with Gasteiger partial charge < -0.3 is 15.0 Å². The number of nitrogens with one attached hydrogen (secondary N) is 1. The number of carbonyl (C=O) groups is 1. The van der Waals surface area contributed by atoms with Gasteiger partial charge in [0.05, 0.1) is 5.52 Å². The number of aromatic nitrogens is 1. The van der Waals surface area contributed by atoms with Crippen molar-refractivity contribution in [1.29, 1.82) is 0 Å². The molecule has 0 aliphatic heterocycles. The SMILES string of the molecule is CCCn1c(=O)c(C(=O)Nc2cccc(C)c2)c(O)c2ccccc21. The Morgan fingerprint density at radius 1 is 1.16 bits per heavy atom. The van der Waals surface area contributed by atoms with Crippen molar-refractivity contribution in [3.05, 3.63) is 70.0 Å². The molecule has 5 heteroatoms. The lowest BCUT2D eigenvalue weighted by molar-refractivity contribution is 0.102. The maximum atomic E-state index is 12.8. The topological polar surface area (TPSA) is 71.3 Å². The van der Waals surface area contributed by atoms with Crippen LogP contribution in [-0.2, 0) is 6.54 Å². The summed E-state index contributed by atoms with van der Waals surface area (Å²) >= 11 is 0. The van der Waals surface area contributed by atoms with E-state index in [9.17, 15) is 14.7 Å². The molecule has 0 fully saturated rings. The second kappa shape index (κ2) is 6.81. The van der Waals surface area contributed by atoms with Gasteiger partial charge in [0, 0.05) is 17.6 Å². The molecule has 128 valence electrons. The molecule has 1 aromatic heterocycles. The molecule has 0 saturated heterocycles. The van der Waals surface area contributed by atoms with E-state index in [0.717, 1.165) is 12.0 Å². The van der Waals surface area contributed by atoms with Crippen LogP contribution >= 0.6 is 0 Å². The molecule has 0 radical (unpaired) electrons. The molecule has 3 rings (SSSR count). The first-order chi connectivity index (χ1) is 12.0. The Balaban J connectivity index is 2.15. The maximum Gasteiger partial charge on any atom is 0.267 e. The van der Waals surface area contributed by atoms with E-state index in [1.807, 2.05) is 26.0 Å². The van der Waals surface area contributed by atoms with Crippen molar-refractivity contribution in [2.45, 2.75) is 26.8 Å². The molecule has 1 heterocycles. The molecule has 0 aliphatic rings. The molecule has 0 bridgehead atoms. The number of aromatic hydroxyl groups is 1. The Bertz CT molecular complexity index is 1010. The van der Waals surface area contributed by atoms with Gasteiger partial charge in [-0.25, -0.2) is 0 Å². The van der Waals surface area contributed by atoms with Gasteiger partial charge in [0.1, 0.15) is 11.3 Å². The van der Waals surface area contributed by atoms with Crippen LogP contribution in [0.1, 0.15) is 29.3 Å². The fraction of sp³-hybridized carbons (Fsp3) is 0.200. The molecule has 2 N–H and O–H groups in total. The quantitative estimate of drug-likeness (QED) is 0.763. The minimum atomic E-state index is -0.608. The van der Waals surface area contributed by atoms with Crippen molar-refractivity contribution < 1.29 is 9.90 Å². The van der Waals surface area contributed by atoms with Crippen LogP contribution in [0.5, 0.6) is 5.75 Å². The Morgan fingerprint density at radius 3 is 2.64 bits per heavy atom. The third-order valence-corrected chi connectivity index (χ3v) is 4.10. The highest BCUT2D eigenvalue weighted by Gasteiger charge is 2.22. The van der Waals surface area contributed by atoms with Gasteiger partial charge in [-0.2, -0.15) is 0 Å². The summed E-state index contributed by atoms with van der Waals surface area (Å²) in [6, 6.07) is 14.3. The normalized spacial score (nSPS) is 10.8. The van der Waals surface area contributed by atoms with E-state index >= 15 is 0 Å². The largest absolute Gasteiger partial charge is 0.506 e. The molecule has 0 unspecified atom stereocenters. The van der Waals surface area contributed by atoms with Gasteiger partial charge in [0.15, 0.2) is 0 Å². The second-order valence-electron chi connectivity index (χ2n) is 6.02. The van der Waals surface area contributed by atoms with Gasteiger partial charge in [-0.3, -0.25) is 9.59 Å². The molecule has 0 aliphatic carbocycles. The van der Waals surface area contributed by atoms with E-state index in [1.165, 1.54) is 0 Å². The zero-order valence-electron chi connectivity index (χ0n) is 14.2. The van der Waals surface area contributed by atoms with E-state index in [-0.39, 0.29) is 11.3 Å². The summed E-state index contributed by atoms with van der Waals surface area (Å²) in [6.45, 7) is 4.35. The molecule has 0 atom stereocenters. The summed E-state index contributed by atoms with van der Waals surface area (Å²) < 4.78 is 1.54. The number of anilines is 1. The Kier molecular flexibility index (Phi) is 4.57. The van der Waals surface area contributed by atoms with Crippen LogP contribution in [0.3, 0.4) is 0 Å². The number of hydrogen-bond acceptors (Lipinski definition) is 3. The fourth-order valence-corrected chi connectivity index (χ4v) is 2.96. The average molecular weight is 336 g/mol. The Labute approximate surface area is 145 Å². The van der Waals surface area contributed by atoms with Crippen LogP contribution in [0.4, 0.5) is 5.69 Å². The number of rotatable bonds is 4. The predicted octanol–water partition coefficient (Wildman–Crippen LogP) is 3.68. The summed E-state index contributed by atoms with van der Waals surface area (Å²) in [5.74, 6) is -0.887. The zero-order valence-corrected chi connectivity index (χ0v) is 14.2. The summed E-state index contributed by atoms with van der Waals surface area (Å²) in [5, 5.41) is 13.7. The highest BCUT2D eigenvalue weighted by Crippen LogP contribution is 2.27.